The summed E-state index contributed by atoms with van der Waals surface area (Å²) in [5, 5.41) is 4.67. The molecule has 0 radical (unpaired) electrons. The molecule has 162 valence electrons. The molecule has 0 unspecified atom stereocenters. The van der Waals surface area contributed by atoms with Gasteiger partial charge in [-0.2, -0.15) is 5.10 Å². The number of fused-ring (bicyclic) bond motifs is 1. The zero-order chi connectivity index (χ0) is 22.2. The van der Waals surface area contributed by atoms with Gasteiger partial charge in [0.15, 0.2) is 5.82 Å². The molecule has 6 nitrogen and oxygen atoms in total. The molecule has 4 aromatic rings. The average molecular weight is 493 g/mol. The number of hydrogen-bond donors (Lipinski definition) is 0. The van der Waals surface area contributed by atoms with E-state index >= 15 is 0 Å². The predicted molar refractivity (Wildman–Crippen MR) is 125 cm³/mol. The lowest BCUT2D eigenvalue weighted by atomic mass is 9.91. The Hall–Kier alpha value is -3.13. The van der Waals surface area contributed by atoms with Crippen molar-refractivity contribution in [1.29, 1.82) is 0 Å². The minimum absolute atomic E-state index is 0.0895. The van der Waals surface area contributed by atoms with E-state index in [0.717, 1.165) is 57.9 Å². The predicted octanol–water partition coefficient (Wildman–Crippen LogP) is 5.47. The van der Waals surface area contributed by atoms with Crippen LogP contribution >= 0.6 is 15.9 Å². The quantitative estimate of drug-likeness (QED) is 0.378. The molecule has 0 bridgehead atoms. The van der Waals surface area contributed by atoms with E-state index < -0.39 is 0 Å². The smallest absolute Gasteiger partial charge is 0.174 e. The maximum Gasteiger partial charge on any atom is 0.174 e. The summed E-state index contributed by atoms with van der Waals surface area (Å²) in [4.78, 5) is 13.6. The van der Waals surface area contributed by atoms with Gasteiger partial charge in [0.1, 0.15) is 11.6 Å². The number of pyridine rings is 1. The first-order valence-electron chi connectivity index (χ1n) is 10.5. The summed E-state index contributed by atoms with van der Waals surface area (Å²) in [5.74, 6) is 1.40. The molecule has 0 amide bonds. The lowest BCUT2D eigenvalue weighted by Gasteiger charge is -2.23. The molecule has 1 aliphatic rings. The fourth-order valence-electron chi connectivity index (χ4n) is 4.16. The molecule has 4 heterocycles. The molecule has 0 spiro atoms. The Labute approximate surface area is 194 Å². The first-order valence-corrected chi connectivity index (χ1v) is 11.3. The second-order valence-electron chi connectivity index (χ2n) is 8.06. The molecular formula is C24H22BrFN6. The van der Waals surface area contributed by atoms with Crippen molar-refractivity contribution in [3.63, 3.8) is 0 Å². The second-order valence-corrected chi connectivity index (χ2v) is 8.92. The van der Waals surface area contributed by atoms with E-state index in [0.29, 0.717) is 5.82 Å². The summed E-state index contributed by atoms with van der Waals surface area (Å²) >= 11 is 3.51. The summed E-state index contributed by atoms with van der Waals surface area (Å²) in [6.07, 6.45) is 11.4. The minimum Gasteiger partial charge on any atom is -0.304 e. The number of benzene rings is 1. The molecule has 0 fully saturated rings. The van der Waals surface area contributed by atoms with Crippen molar-refractivity contribution in [3.05, 3.63) is 87.4 Å². The summed E-state index contributed by atoms with van der Waals surface area (Å²) in [6, 6.07) is 6.88. The van der Waals surface area contributed by atoms with Gasteiger partial charge >= 0.3 is 0 Å². The third-order valence-corrected chi connectivity index (χ3v) is 6.41. The molecule has 32 heavy (non-hydrogen) atoms. The number of halogens is 2. The van der Waals surface area contributed by atoms with Gasteiger partial charge in [0.05, 0.1) is 29.6 Å². The Morgan fingerprint density at radius 1 is 1.16 bits per heavy atom. The van der Waals surface area contributed by atoms with E-state index in [1.54, 1.807) is 6.33 Å². The van der Waals surface area contributed by atoms with E-state index in [1.165, 1.54) is 12.1 Å². The molecule has 0 N–H and O–H groups in total. The van der Waals surface area contributed by atoms with Crippen molar-refractivity contribution >= 4 is 28.1 Å². The van der Waals surface area contributed by atoms with Crippen LogP contribution in [0.3, 0.4) is 0 Å². The molecule has 0 aliphatic carbocycles. The summed E-state index contributed by atoms with van der Waals surface area (Å²) in [7, 11) is 0. The molecule has 0 saturated carbocycles. The van der Waals surface area contributed by atoms with Crippen molar-refractivity contribution in [3.8, 4) is 5.69 Å². The topological polar surface area (TPSA) is 61.4 Å². The zero-order valence-electron chi connectivity index (χ0n) is 17.8. The van der Waals surface area contributed by atoms with Gasteiger partial charge in [-0.25, -0.2) is 19.0 Å². The number of imidazole rings is 1. The molecule has 5 rings (SSSR count). The number of nitrogens with zero attached hydrogens (tertiary/aromatic N) is 6. The molecule has 1 atom stereocenters. The Morgan fingerprint density at radius 2 is 2.03 bits per heavy atom. The molecule has 0 saturated heterocycles. The maximum absolute atomic E-state index is 13.5. The lowest BCUT2D eigenvalue weighted by Crippen LogP contribution is -2.18. The van der Waals surface area contributed by atoms with Crippen molar-refractivity contribution in [1.82, 2.24) is 29.3 Å². The van der Waals surface area contributed by atoms with Gasteiger partial charge < -0.3 is 4.57 Å². The van der Waals surface area contributed by atoms with Gasteiger partial charge in [-0.05, 0) is 68.2 Å². The third kappa shape index (κ3) is 4.02. The normalized spacial score (nSPS) is 15.9. The highest BCUT2D eigenvalue weighted by atomic mass is 79.9. The molecular weight excluding hydrogens is 471 g/mol. The highest BCUT2D eigenvalue weighted by Gasteiger charge is 2.27. The van der Waals surface area contributed by atoms with Crippen LogP contribution in [-0.2, 0) is 6.54 Å². The van der Waals surface area contributed by atoms with Gasteiger partial charge in [0.2, 0.25) is 0 Å². The van der Waals surface area contributed by atoms with Gasteiger partial charge in [0, 0.05) is 23.1 Å². The van der Waals surface area contributed by atoms with Crippen molar-refractivity contribution < 1.29 is 4.39 Å². The summed E-state index contributed by atoms with van der Waals surface area (Å²) < 4.78 is 18.3. The highest BCUT2D eigenvalue weighted by Crippen LogP contribution is 2.36. The Morgan fingerprint density at radius 3 is 2.78 bits per heavy atom. The van der Waals surface area contributed by atoms with Crippen LogP contribution in [0.15, 0.2) is 47.5 Å². The standard InChI is InChI=1S/C24H22BrFN6/c1-15-10-18(27-12-22(15)31-13-16(2)28-14-31)6-8-23-29-24-20(4-3-9-32(24)30-23)19-7-5-17(26)11-21(19)25/h5-8,10-14,20H,3-4,9H2,1-2H3/b8-6+/t20-/m0/s1. The monoisotopic (exact) mass is 492 g/mol. The third-order valence-electron chi connectivity index (χ3n) is 5.73. The first kappa shape index (κ1) is 20.8. The Bertz CT molecular complexity index is 1320. The highest BCUT2D eigenvalue weighted by molar-refractivity contribution is 9.10. The second kappa shape index (κ2) is 8.43. The number of rotatable bonds is 4. The van der Waals surface area contributed by atoms with Crippen LogP contribution in [0.5, 0.6) is 0 Å². The van der Waals surface area contributed by atoms with Crippen LogP contribution in [-0.4, -0.2) is 29.3 Å². The van der Waals surface area contributed by atoms with Crippen molar-refractivity contribution in [2.24, 2.45) is 0 Å². The van der Waals surface area contributed by atoms with Gasteiger partial charge in [-0.1, -0.05) is 22.0 Å². The fourth-order valence-corrected chi connectivity index (χ4v) is 4.79. The first-order chi connectivity index (χ1) is 15.5. The van der Waals surface area contributed by atoms with Crippen LogP contribution < -0.4 is 0 Å². The van der Waals surface area contributed by atoms with E-state index in [-0.39, 0.29) is 11.7 Å². The lowest BCUT2D eigenvalue weighted by molar-refractivity contribution is 0.444. The van der Waals surface area contributed by atoms with Gasteiger partial charge in [-0.3, -0.25) is 4.98 Å². The van der Waals surface area contributed by atoms with E-state index in [4.69, 9.17) is 4.98 Å². The van der Waals surface area contributed by atoms with Crippen LogP contribution in [0.2, 0.25) is 0 Å². The summed E-state index contributed by atoms with van der Waals surface area (Å²) in [5.41, 5.74) is 4.96. The fraction of sp³-hybridized carbons (Fsp3) is 0.250. The SMILES string of the molecule is Cc1cn(-c2cnc(/C=C/c3nc4n(n3)CCC[C@H]4c3ccc(F)cc3Br)cc2C)cn1. The average Bonchev–Trinajstić information content (AvgIpc) is 3.38. The number of hydrogen-bond acceptors (Lipinski definition) is 4. The van der Waals surface area contributed by atoms with Gasteiger partial charge in [-0.15, -0.1) is 0 Å². The minimum atomic E-state index is -0.251. The van der Waals surface area contributed by atoms with Gasteiger partial charge in [0.25, 0.3) is 0 Å². The molecule has 1 aromatic carbocycles. The summed E-state index contributed by atoms with van der Waals surface area (Å²) in [6.45, 7) is 4.86. The Balaban J connectivity index is 1.40. The zero-order valence-corrected chi connectivity index (χ0v) is 19.4. The largest absolute Gasteiger partial charge is 0.304 e. The maximum atomic E-state index is 13.5. The Kier molecular flexibility index (Phi) is 5.46. The molecule has 8 heteroatoms. The number of aryl methyl sites for hydroxylation is 3. The van der Waals surface area contributed by atoms with Crippen LogP contribution in [0, 0.1) is 19.7 Å². The number of aromatic nitrogens is 6. The van der Waals surface area contributed by atoms with Crippen molar-refractivity contribution in [2.75, 3.05) is 0 Å². The van der Waals surface area contributed by atoms with E-state index in [1.807, 2.05) is 52.9 Å². The van der Waals surface area contributed by atoms with Crippen LogP contribution in [0.4, 0.5) is 4.39 Å². The van der Waals surface area contributed by atoms with E-state index in [2.05, 4.69) is 37.9 Å². The van der Waals surface area contributed by atoms with Crippen LogP contribution in [0.1, 0.15) is 52.9 Å². The van der Waals surface area contributed by atoms with E-state index in [9.17, 15) is 4.39 Å². The molecule has 3 aromatic heterocycles. The molecule has 1 aliphatic heterocycles. The van der Waals surface area contributed by atoms with Crippen molar-refractivity contribution in [2.45, 2.75) is 39.2 Å². The van der Waals surface area contributed by atoms with Crippen LogP contribution in [0.25, 0.3) is 17.8 Å².